The first-order valence-electron chi connectivity index (χ1n) is 5.81. The van der Waals surface area contributed by atoms with Crippen molar-refractivity contribution in [3.05, 3.63) is 35.9 Å². The number of aromatic hydroxyl groups is 1. The van der Waals surface area contributed by atoms with Crippen LogP contribution < -0.4 is 21.5 Å². The van der Waals surface area contributed by atoms with Gasteiger partial charge >= 0.3 is 0 Å². The number of phenols is 1. The predicted molar refractivity (Wildman–Crippen MR) is 77.9 cm³/mol. The average molecular weight is 259 g/mol. The fourth-order valence-corrected chi connectivity index (χ4v) is 1.79. The average Bonchev–Trinajstić information content (AvgIpc) is 2.37. The molecule has 2 aromatic carbocycles. The Kier molecular flexibility index (Phi) is 3.37. The minimum atomic E-state index is 0.258. The highest BCUT2D eigenvalue weighted by molar-refractivity contribution is 5.79. The van der Waals surface area contributed by atoms with Crippen LogP contribution in [0.25, 0.3) is 0 Å². The van der Waals surface area contributed by atoms with Gasteiger partial charge in [0.2, 0.25) is 0 Å². The lowest BCUT2D eigenvalue weighted by Crippen LogP contribution is -2.00. The monoisotopic (exact) mass is 259 g/mol. The van der Waals surface area contributed by atoms with Gasteiger partial charge in [0, 0.05) is 11.8 Å². The van der Waals surface area contributed by atoms with E-state index in [1.165, 1.54) is 0 Å². The molecule has 0 fully saturated rings. The number of aryl methyl sites for hydroxylation is 1. The zero-order valence-corrected chi connectivity index (χ0v) is 10.9. The Hall–Kier alpha value is -2.56. The van der Waals surface area contributed by atoms with Crippen molar-refractivity contribution in [1.29, 1.82) is 0 Å². The molecule has 5 nitrogen and oxygen atoms in total. The number of rotatable bonds is 3. The van der Waals surface area contributed by atoms with E-state index in [0.29, 0.717) is 22.8 Å². The minimum Gasteiger partial charge on any atom is -0.508 e. The van der Waals surface area contributed by atoms with Crippen LogP contribution in [0.2, 0.25) is 0 Å². The smallest absolute Gasteiger partial charge is 0.143 e. The lowest BCUT2D eigenvalue weighted by atomic mass is 10.1. The maximum atomic E-state index is 9.49. The van der Waals surface area contributed by atoms with Gasteiger partial charge in [-0.3, -0.25) is 0 Å². The predicted octanol–water partition coefficient (Wildman–Crippen LogP) is 2.62. The van der Waals surface area contributed by atoms with Gasteiger partial charge in [0.15, 0.2) is 0 Å². The maximum Gasteiger partial charge on any atom is 0.143 e. The largest absolute Gasteiger partial charge is 0.508 e. The third-order valence-corrected chi connectivity index (χ3v) is 2.88. The summed E-state index contributed by atoms with van der Waals surface area (Å²) < 4.78 is 5.16. The van der Waals surface area contributed by atoms with E-state index in [1.54, 1.807) is 31.4 Å². The van der Waals surface area contributed by atoms with E-state index in [4.69, 9.17) is 16.2 Å². The van der Waals surface area contributed by atoms with Crippen LogP contribution in [0, 0.1) is 6.92 Å². The number of nitrogens with two attached hydrogens (primary N) is 2. The molecule has 0 aliphatic carbocycles. The highest BCUT2D eigenvalue weighted by atomic mass is 16.5. The molecular weight excluding hydrogens is 242 g/mol. The second kappa shape index (κ2) is 4.97. The standard InChI is InChI=1S/C14H17N3O2/c1-8-5-9(3-4-13(8)18)17-12-7-14(19-2)11(16)6-10(12)15/h3-7,17-18H,15-16H2,1-2H3. The summed E-state index contributed by atoms with van der Waals surface area (Å²) in [4.78, 5) is 0. The Morgan fingerprint density at radius 2 is 1.84 bits per heavy atom. The van der Waals surface area contributed by atoms with Crippen molar-refractivity contribution in [3.8, 4) is 11.5 Å². The van der Waals surface area contributed by atoms with Gasteiger partial charge in [0.25, 0.3) is 0 Å². The molecule has 0 aliphatic heterocycles. The number of hydrogen-bond acceptors (Lipinski definition) is 5. The van der Waals surface area contributed by atoms with E-state index in [9.17, 15) is 5.11 Å². The minimum absolute atomic E-state index is 0.258. The molecule has 0 saturated carbocycles. The van der Waals surface area contributed by atoms with Crippen LogP contribution in [0.1, 0.15) is 5.56 Å². The van der Waals surface area contributed by atoms with Gasteiger partial charge < -0.3 is 26.6 Å². The summed E-state index contributed by atoms with van der Waals surface area (Å²) in [7, 11) is 1.55. The van der Waals surface area contributed by atoms with Crippen molar-refractivity contribution in [3.63, 3.8) is 0 Å². The molecule has 0 radical (unpaired) electrons. The van der Waals surface area contributed by atoms with Crippen molar-refractivity contribution in [1.82, 2.24) is 0 Å². The van der Waals surface area contributed by atoms with Gasteiger partial charge in [-0.25, -0.2) is 0 Å². The summed E-state index contributed by atoms with van der Waals surface area (Å²) in [5.41, 5.74) is 15.0. The zero-order valence-electron chi connectivity index (χ0n) is 10.9. The molecule has 19 heavy (non-hydrogen) atoms. The van der Waals surface area contributed by atoms with Crippen LogP contribution in [-0.2, 0) is 0 Å². The Bertz CT molecular complexity index is 612. The van der Waals surface area contributed by atoms with Crippen molar-refractivity contribution in [2.24, 2.45) is 0 Å². The van der Waals surface area contributed by atoms with Crippen molar-refractivity contribution in [2.75, 3.05) is 23.9 Å². The van der Waals surface area contributed by atoms with Gasteiger partial charge in [-0.1, -0.05) is 0 Å². The summed E-state index contributed by atoms with van der Waals surface area (Å²) in [6.45, 7) is 1.83. The number of phenolic OH excluding ortho intramolecular Hbond substituents is 1. The van der Waals surface area contributed by atoms with Gasteiger partial charge in [0.05, 0.1) is 24.2 Å². The van der Waals surface area contributed by atoms with Gasteiger partial charge in [0.1, 0.15) is 11.5 Å². The van der Waals surface area contributed by atoms with E-state index >= 15 is 0 Å². The van der Waals surface area contributed by atoms with Crippen molar-refractivity contribution < 1.29 is 9.84 Å². The summed E-state index contributed by atoms with van der Waals surface area (Å²) >= 11 is 0. The molecule has 5 heteroatoms. The molecule has 100 valence electrons. The van der Waals surface area contributed by atoms with Crippen LogP contribution in [0.15, 0.2) is 30.3 Å². The van der Waals surface area contributed by atoms with Crippen LogP contribution >= 0.6 is 0 Å². The number of benzene rings is 2. The normalized spacial score (nSPS) is 10.2. The number of hydrogen-bond donors (Lipinski definition) is 4. The summed E-state index contributed by atoms with van der Waals surface area (Å²) in [5, 5.41) is 12.7. The number of ether oxygens (including phenoxy) is 1. The Balaban J connectivity index is 2.34. The molecule has 2 aromatic rings. The first-order valence-corrected chi connectivity index (χ1v) is 5.81. The molecule has 0 amide bonds. The van der Waals surface area contributed by atoms with E-state index in [-0.39, 0.29) is 5.75 Å². The van der Waals surface area contributed by atoms with E-state index in [1.807, 2.05) is 13.0 Å². The Morgan fingerprint density at radius 1 is 1.11 bits per heavy atom. The van der Waals surface area contributed by atoms with E-state index in [0.717, 1.165) is 11.3 Å². The second-order valence-electron chi connectivity index (χ2n) is 4.31. The highest BCUT2D eigenvalue weighted by Crippen LogP contribution is 2.33. The van der Waals surface area contributed by atoms with E-state index in [2.05, 4.69) is 5.32 Å². The van der Waals surface area contributed by atoms with Crippen LogP contribution in [0.3, 0.4) is 0 Å². The third-order valence-electron chi connectivity index (χ3n) is 2.88. The van der Waals surface area contributed by atoms with Gasteiger partial charge in [-0.05, 0) is 36.8 Å². The number of anilines is 4. The molecule has 0 aromatic heterocycles. The van der Waals surface area contributed by atoms with Gasteiger partial charge in [-0.15, -0.1) is 0 Å². The number of nitrogens with one attached hydrogen (secondary N) is 1. The first-order chi connectivity index (χ1) is 9.01. The van der Waals surface area contributed by atoms with Crippen LogP contribution in [0.4, 0.5) is 22.7 Å². The molecule has 0 atom stereocenters. The summed E-state index contributed by atoms with van der Waals surface area (Å²) in [6.07, 6.45) is 0. The van der Waals surface area contributed by atoms with Gasteiger partial charge in [-0.2, -0.15) is 0 Å². The lowest BCUT2D eigenvalue weighted by Gasteiger charge is -2.13. The molecule has 0 saturated heterocycles. The molecule has 2 rings (SSSR count). The van der Waals surface area contributed by atoms with E-state index < -0.39 is 0 Å². The SMILES string of the molecule is COc1cc(Nc2ccc(O)c(C)c2)c(N)cc1N. The number of methoxy groups -OCH3 is 1. The fraction of sp³-hybridized carbons (Fsp3) is 0.143. The van der Waals surface area contributed by atoms with Crippen molar-refractivity contribution in [2.45, 2.75) is 6.92 Å². The zero-order chi connectivity index (χ0) is 14.0. The molecule has 0 unspecified atom stereocenters. The number of nitrogen functional groups attached to an aromatic ring is 2. The Labute approximate surface area is 111 Å². The quantitative estimate of drug-likeness (QED) is 0.502. The molecular formula is C14H17N3O2. The molecule has 0 bridgehead atoms. The molecule has 0 aliphatic rings. The maximum absolute atomic E-state index is 9.49. The summed E-state index contributed by atoms with van der Waals surface area (Å²) in [6, 6.07) is 8.62. The third kappa shape index (κ3) is 2.65. The first kappa shape index (κ1) is 12.9. The second-order valence-corrected chi connectivity index (χ2v) is 4.31. The molecule has 0 heterocycles. The fourth-order valence-electron chi connectivity index (χ4n) is 1.79. The van der Waals surface area contributed by atoms with Crippen LogP contribution in [0.5, 0.6) is 11.5 Å². The summed E-state index contributed by atoms with van der Waals surface area (Å²) in [5.74, 6) is 0.820. The van der Waals surface area contributed by atoms with Crippen molar-refractivity contribution >= 4 is 22.7 Å². The Morgan fingerprint density at radius 3 is 2.47 bits per heavy atom. The molecule has 6 N–H and O–H groups in total. The molecule has 0 spiro atoms. The van der Waals surface area contributed by atoms with Crippen LogP contribution in [-0.4, -0.2) is 12.2 Å². The highest BCUT2D eigenvalue weighted by Gasteiger charge is 2.07. The lowest BCUT2D eigenvalue weighted by molar-refractivity contribution is 0.417. The topological polar surface area (TPSA) is 93.5 Å².